The van der Waals surface area contributed by atoms with Crippen LogP contribution in [0, 0.1) is 18.8 Å². The number of nitrogen functional groups attached to an aromatic ring is 1. The minimum atomic E-state index is -0.231. The number of aliphatic hydroxyl groups excluding tert-OH is 1. The van der Waals surface area contributed by atoms with Gasteiger partial charge in [0.25, 0.3) is 5.91 Å². The summed E-state index contributed by atoms with van der Waals surface area (Å²) >= 11 is 0. The number of aliphatic hydroxyl groups is 1. The average Bonchev–Trinajstić information content (AvgIpc) is 2.95. The lowest BCUT2D eigenvalue weighted by Gasteiger charge is -2.19. The monoisotopic (exact) mass is 260 g/mol. The number of amides is 1. The lowest BCUT2D eigenvalue weighted by atomic mass is 10.00. The van der Waals surface area contributed by atoms with Crippen LogP contribution in [0.1, 0.15) is 28.8 Å². The topological polar surface area (TPSA) is 66.6 Å². The molecule has 1 aromatic rings. The summed E-state index contributed by atoms with van der Waals surface area (Å²) in [5.74, 6) is 0.779. The van der Waals surface area contributed by atoms with Crippen LogP contribution in [0.15, 0.2) is 18.2 Å². The van der Waals surface area contributed by atoms with E-state index in [0.717, 1.165) is 24.9 Å². The zero-order valence-corrected chi connectivity index (χ0v) is 11.2. The van der Waals surface area contributed by atoms with Crippen molar-refractivity contribution >= 4 is 11.6 Å². The van der Waals surface area contributed by atoms with E-state index < -0.39 is 0 Å². The van der Waals surface area contributed by atoms with E-state index in [1.165, 1.54) is 0 Å². The molecule has 1 aromatic carbocycles. The highest BCUT2D eigenvalue weighted by molar-refractivity contribution is 5.95. The van der Waals surface area contributed by atoms with Gasteiger partial charge in [0.1, 0.15) is 0 Å². The van der Waals surface area contributed by atoms with Gasteiger partial charge >= 0.3 is 0 Å². The van der Waals surface area contributed by atoms with Crippen molar-refractivity contribution in [3.05, 3.63) is 29.3 Å². The molecule has 4 nitrogen and oxygen atoms in total. The number of carbonyl (C=O) groups excluding carboxylic acids is 1. The molecule has 3 unspecified atom stereocenters. The maximum Gasteiger partial charge on any atom is 0.253 e. The molecular weight excluding hydrogens is 240 g/mol. The predicted molar refractivity (Wildman–Crippen MR) is 73.7 cm³/mol. The third-order valence-corrected chi connectivity index (χ3v) is 4.63. The summed E-state index contributed by atoms with van der Waals surface area (Å²) in [6.07, 6.45) is 1.69. The van der Waals surface area contributed by atoms with E-state index >= 15 is 0 Å². The highest BCUT2D eigenvalue weighted by Crippen LogP contribution is 2.38. The van der Waals surface area contributed by atoms with Crippen LogP contribution in [0.2, 0.25) is 0 Å². The van der Waals surface area contributed by atoms with E-state index in [-0.39, 0.29) is 17.9 Å². The Labute approximate surface area is 113 Å². The van der Waals surface area contributed by atoms with E-state index in [1.807, 2.05) is 24.0 Å². The number of fused-ring (bicyclic) bond motifs is 1. The second-order valence-corrected chi connectivity index (χ2v) is 5.85. The lowest BCUT2D eigenvalue weighted by molar-refractivity contribution is 0.0752. The Morgan fingerprint density at radius 2 is 2.16 bits per heavy atom. The van der Waals surface area contributed by atoms with Crippen molar-refractivity contribution in [1.29, 1.82) is 0 Å². The fourth-order valence-electron chi connectivity index (χ4n) is 3.36. The zero-order valence-electron chi connectivity index (χ0n) is 11.2. The van der Waals surface area contributed by atoms with Crippen molar-refractivity contribution in [2.45, 2.75) is 25.9 Å². The standard InChI is InChI=1S/C15H20N2O2/c1-9-2-3-10(6-13(9)16)15(19)17-7-11-4-5-14(18)12(11)8-17/h2-3,6,11-12,14,18H,4-5,7-8,16H2,1H3. The molecular formula is C15H20N2O2. The van der Waals surface area contributed by atoms with E-state index in [2.05, 4.69) is 0 Å². The van der Waals surface area contributed by atoms with Gasteiger partial charge in [0.15, 0.2) is 0 Å². The number of nitrogens with zero attached hydrogens (tertiary/aromatic N) is 1. The lowest BCUT2D eigenvalue weighted by Crippen LogP contribution is -2.31. The fourth-order valence-corrected chi connectivity index (χ4v) is 3.36. The van der Waals surface area contributed by atoms with Crippen LogP contribution in [0.3, 0.4) is 0 Å². The van der Waals surface area contributed by atoms with Crippen molar-refractivity contribution in [3.63, 3.8) is 0 Å². The van der Waals surface area contributed by atoms with Gasteiger partial charge in [-0.3, -0.25) is 4.79 Å². The third kappa shape index (κ3) is 2.10. The largest absolute Gasteiger partial charge is 0.398 e. The number of likely N-dealkylation sites (tertiary alicyclic amines) is 1. The SMILES string of the molecule is Cc1ccc(C(=O)N2CC3CCC(O)C3C2)cc1N. The molecule has 0 spiro atoms. The quantitative estimate of drug-likeness (QED) is 0.750. The molecule has 102 valence electrons. The third-order valence-electron chi connectivity index (χ3n) is 4.63. The van der Waals surface area contributed by atoms with Gasteiger partial charge < -0.3 is 15.7 Å². The number of nitrogens with two attached hydrogens (primary N) is 1. The number of benzene rings is 1. The number of carbonyl (C=O) groups is 1. The van der Waals surface area contributed by atoms with Gasteiger partial charge in [0.2, 0.25) is 0 Å². The van der Waals surface area contributed by atoms with Crippen molar-refractivity contribution in [3.8, 4) is 0 Å². The summed E-state index contributed by atoms with van der Waals surface area (Å²) in [4.78, 5) is 14.3. The summed E-state index contributed by atoms with van der Waals surface area (Å²) in [7, 11) is 0. The fraction of sp³-hybridized carbons (Fsp3) is 0.533. The molecule has 3 N–H and O–H groups in total. The van der Waals surface area contributed by atoms with Crippen LogP contribution in [0.4, 0.5) is 5.69 Å². The molecule has 2 fully saturated rings. The Hall–Kier alpha value is -1.55. The molecule has 1 amide bonds. The normalized spacial score (nSPS) is 29.6. The molecule has 1 saturated carbocycles. The van der Waals surface area contributed by atoms with Crippen molar-refractivity contribution in [2.75, 3.05) is 18.8 Å². The first kappa shape index (κ1) is 12.5. The van der Waals surface area contributed by atoms with E-state index in [9.17, 15) is 9.90 Å². The highest BCUT2D eigenvalue weighted by atomic mass is 16.3. The minimum Gasteiger partial charge on any atom is -0.398 e. The Bertz CT molecular complexity index is 515. The van der Waals surface area contributed by atoms with E-state index in [4.69, 9.17) is 5.73 Å². The van der Waals surface area contributed by atoms with E-state index in [0.29, 0.717) is 23.7 Å². The van der Waals surface area contributed by atoms with Crippen molar-refractivity contribution < 1.29 is 9.90 Å². The molecule has 4 heteroatoms. The van der Waals surface area contributed by atoms with Crippen LogP contribution in [-0.2, 0) is 0 Å². The highest BCUT2D eigenvalue weighted by Gasteiger charge is 2.43. The Morgan fingerprint density at radius 1 is 1.37 bits per heavy atom. The summed E-state index contributed by atoms with van der Waals surface area (Å²) in [6.45, 7) is 3.38. The average molecular weight is 260 g/mol. The molecule has 0 radical (unpaired) electrons. The van der Waals surface area contributed by atoms with Crippen molar-refractivity contribution in [1.82, 2.24) is 4.90 Å². The first-order valence-corrected chi connectivity index (χ1v) is 6.89. The zero-order chi connectivity index (χ0) is 13.6. The van der Waals surface area contributed by atoms with Gasteiger partial charge in [-0.15, -0.1) is 0 Å². The second-order valence-electron chi connectivity index (χ2n) is 5.85. The number of hydrogen-bond donors (Lipinski definition) is 2. The summed E-state index contributed by atoms with van der Waals surface area (Å²) in [5.41, 5.74) is 8.16. The maximum atomic E-state index is 12.4. The number of rotatable bonds is 1. The van der Waals surface area contributed by atoms with Gasteiger partial charge in [0, 0.05) is 30.3 Å². The van der Waals surface area contributed by atoms with Crippen LogP contribution in [0.5, 0.6) is 0 Å². The molecule has 2 aliphatic rings. The van der Waals surface area contributed by atoms with Gasteiger partial charge in [-0.25, -0.2) is 0 Å². The molecule has 1 aliphatic heterocycles. The Balaban J connectivity index is 1.76. The molecule has 1 heterocycles. The summed E-state index contributed by atoms with van der Waals surface area (Å²) < 4.78 is 0. The molecule has 1 aliphatic carbocycles. The number of hydrogen-bond acceptors (Lipinski definition) is 3. The van der Waals surface area contributed by atoms with E-state index in [1.54, 1.807) is 6.07 Å². The predicted octanol–water partition coefficient (Wildman–Crippen LogP) is 1.42. The Kier molecular flexibility index (Phi) is 2.97. The minimum absolute atomic E-state index is 0.0355. The first-order valence-electron chi connectivity index (χ1n) is 6.89. The van der Waals surface area contributed by atoms with Crippen LogP contribution in [0.25, 0.3) is 0 Å². The molecule has 19 heavy (non-hydrogen) atoms. The Morgan fingerprint density at radius 3 is 2.84 bits per heavy atom. The summed E-state index contributed by atoms with van der Waals surface area (Å²) in [5, 5.41) is 9.89. The summed E-state index contributed by atoms with van der Waals surface area (Å²) in [6, 6.07) is 5.47. The molecule has 0 bridgehead atoms. The van der Waals surface area contributed by atoms with Gasteiger partial charge in [-0.1, -0.05) is 6.07 Å². The maximum absolute atomic E-state index is 12.4. The van der Waals surface area contributed by atoms with Crippen LogP contribution in [-0.4, -0.2) is 35.1 Å². The smallest absolute Gasteiger partial charge is 0.253 e. The molecule has 0 aromatic heterocycles. The van der Waals surface area contributed by atoms with Crippen molar-refractivity contribution in [2.24, 2.45) is 11.8 Å². The number of anilines is 1. The first-order chi connectivity index (χ1) is 9.06. The number of aryl methyl sites for hydroxylation is 1. The van der Waals surface area contributed by atoms with Gasteiger partial charge in [-0.05, 0) is 43.4 Å². The molecule has 3 rings (SSSR count). The molecule has 3 atom stereocenters. The van der Waals surface area contributed by atoms with Gasteiger partial charge in [-0.2, -0.15) is 0 Å². The molecule has 1 saturated heterocycles. The van der Waals surface area contributed by atoms with Crippen LogP contribution >= 0.6 is 0 Å². The van der Waals surface area contributed by atoms with Gasteiger partial charge in [0.05, 0.1) is 6.10 Å². The second kappa shape index (κ2) is 4.53. The van der Waals surface area contributed by atoms with Crippen LogP contribution < -0.4 is 5.73 Å².